The molecule has 2 heteroatoms. The van der Waals surface area contributed by atoms with Crippen molar-refractivity contribution in [3.63, 3.8) is 0 Å². The van der Waals surface area contributed by atoms with Gasteiger partial charge in [0.15, 0.2) is 0 Å². The average molecular weight is 164 g/mol. The molecule has 0 unspecified atom stereocenters. The monoisotopic (exact) mass is 163 g/mol. The first-order valence-corrected chi connectivity index (χ1v) is 4.16. The van der Waals surface area contributed by atoms with E-state index in [2.05, 4.69) is 11.8 Å². The van der Waals surface area contributed by atoms with Crippen LogP contribution in [0.25, 0.3) is 0 Å². The van der Waals surface area contributed by atoms with Crippen LogP contribution in [0, 0.1) is 0 Å². The highest BCUT2D eigenvalue weighted by atomic mass is 35.5. The second-order valence-electron chi connectivity index (χ2n) is 2.90. The van der Waals surface area contributed by atoms with Crippen molar-refractivity contribution in [2.75, 3.05) is 19.6 Å². The predicted octanol–water partition coefficient (Wildman–Crippen LogP) is 2.30. The predicted molar refractivity (Wildman–Crippen MR) is 47.8 cm³/mol. The summed E-state index contributed by atoms with van der Waals surface area (Å²) in [7, 11) is 0. The van der Waals surface area contributed by atoms with E-state index in [1.807, 2.05) is 0 Å². The van der Waals surface area contributed by atoms with Crippen LogP contribution in [0.4, 0.5) is 0 Å². The topological polar surface area (TPSA) is 3.24 Å². The van der Waals surface area contributed by atoms with Gasteiger partial charge in [-0.05, 0) is 38.9 Å². The number of likely N-dealkylation sites (tertiary alicyclic amines) is 1. The van der Waals surface area contributed by atoms with Crippen LogP contribution in [0.5, 0.6) is 0 Å². The maximum Gasteiger partial charge on any atom is -0.00183 e. The first-order valence-electron chi connectivity index (χ1n) is 4.16. The molecular formula is C8H18ClN. The SMILES string of the molecule is CCCCN1CCCC1.Cl. The minimum atomic E-state index is 0. The van der Waals surface area contributed by atoms with E-state index in [0.717, 1.165) is 0 Å². The van der Waals surface area contributed by atoms with Crippen LogP contribution in [0.15, 0.2) is 0 Å². The molecular weight excluding hydrogens is 146 g/mol. The molecule has 1 aliphatic rings. The quantitative estimate of drug-likeness (QED) is 0.617. The van der Waals surface area contributed by atoms with Gasteiger partial charge in [0.2, 0.25) is 0 Å². The Labute approximate surface area is 70.2 Å². The van der Waals surface area contributed by atoms with E-state index in [-0.39, 0.29) is 12.4 Å². The van der Waals surface area contributed by atoms with Crippen LogP contribution in [0.1, 0.15) is 32.6 Å². The van der Waals surface area contributed by atoms with E-state index in [1.165, 1.54) is 45.3 Å². The molecule has 1 saturated heterocycles. The highest BCUT2D eigenvalue weighted by Crippen LogP contribution is 2.07. The van der Waals surface area contributed by atoms with Crippen molar-refractivity contribution in [1.29, 1.82) is 0 Å². The van der Waals surface area contributed by atoms with Gasteiger partial charge in [-0.2, -0.15) is 0 Å². The van der Waals surface area contributed by atoms with Crippen molar-refractivity contribution in [2.45, 2.75) is 32.6 Å². The van der Waals surface area contributed by atoms with Crippen LogP contribution >= 0.6 is 12.4 Å². The molecule has 0 radical (unpaired) electrons. The van der Waals surface area contributed by atoms with Crippen molar-refractivity contribution in [1.82, 2.24) is 4.90 Å². The minimum Gasteiger partial charge on any atom is -0.303 e. The van der Waals surface area contributed by atoms with Gasteiger partial charge in [-0.25, -0.2) is 0 Å². The lowest BCUT2D eigenvalue weighted by Gasteiger charge is -2.12. The van der Waals surface area contributed by atoms with Gasteiger partial charge in [-0.3, -0.25) is 0 Å². The molecule has 0 aromatic carbocycles. The average Bonchev–Trinajstić information content (AvgIpc) is 2.34. The second kappa shape index (κ2) is 5.99. The van der Waals surface area contributed by atoms with Gasteiger partial charge < -0.3 is 4.90 Å². The van der Waals surface area contributed by atoms with E-state index in [9.17, 15) is 0 Å². The van der Waals surface area contributed by atoms with E-state index in [1.54, 1.807) is 0 Å². The molecule has 1 aliphatic heterocycles. The van der Waals surface area contributed by atoms with Crippen LogP contribution in [0.3, 0.4) is 0 Å². The smallest absolute Gasteiger partial charge is 0.00183 e. The third-order valence-electron chi connectivity index (χ3n) is 2.03. The lowest BCUT2D eigenvalue weighted by atomic mass is 10.3. The Morgan fingerprint density at radius 1 is 1.20 bits per heavy atom. The zero-order valence-electron chi connectivity index (χ0n) is 6.81. The molecule has 1 fully saturated rings. The van der Waals surface area contributed by atoms with Crippen LogP contribution < -0.4 is 0 Å². The van der Waals surface area contributed by atoms with Crippen molar-refractivity contribution in [2.24, 2.45) is 0 Å². The highest BCUT2D eigenvalue weighted by molar-refractivity contribution is 5.85. The van der Waals surface area contributed by atoms with Crippen molar-refractivity contribution in [3.8, 4) is 0 Å². The largest absolute Gasteiger partial charge is 0.303 e. The van der Waals surface area contributed by atoms with Crippen LogP contribution in [-0.4, -0.2) is 24.5 Å². The molecule has 1 rings (SSSR count). The Balaban J connectivity index is 0.000000810. The molecule has 0 saturated carbocycles. The zero-order valence-corrected chi connectivity index (χ0v) is 7.62. The summed E-state index contributed by atoms with van der Waals surface area (Å²) in [5.74, 6) is 0. The lowest BCUT2D eigenvalue weighted by molar-refractivity contribution is 0.332. The molecule has 0 aromatic rings. The fourth-order valence-electron chi connectivity index (χ4n) is 1.39. The molecule has 0 atom stereocenters. The van der Waals surface area contributed by atoms with E-state index < -0.39 is 0 Å². The number of hydrogen-bond acceptors (Lipinski definition) is 1. The fraction of sp³-hybridized carbons (Fsp3) is 1.00. The summed E-state index contributed by atoms with van der Waals surface area (Å²) in [5, 5.41) is 0. The highest BCUT2D eigenvalue weighted by Gasteiger charge is 2.08. The van der Waals surface area contributed by atoms with Gasteiger partial charge in [0, 0.05) is 0 Å². The molecule has 1 nitrogen and oxygen atoms in total. The van der Waals surface area contributed by atoms with Crippen molar-refractivity contribution >= 4 is 12.4 Å². The molecule has 0 aliphatic carbocycles. The molecule has 0 spiro atoms. The third kappa shape index (κ3) is 3.43. The normalized spacial score (nSPS) is 18.9. The van der Waals surface area contributed by atoms with Gasteiger partial charge in [0.1, 0.15) is 0 Å². The number of rotatable bonds is 3. The maximum absolute atomic E-state index is 2.57. The van der Waals surface area contributed by atoms with E-state index >= 15 is 0 Å². The van der Waals surface area contributed by atoms with E-state index in [4.69, 9.17) is 0 Å². The van der Waals surface area contributed by atoms with Gasteiger partial charge in [-0.15, -0.1) is 12.4 Å². The molecule has 0 N–H and O–H groups in total. The standard InChI is InChI=1S/C8H17N.ClH/c1-2-3-6-9-7-4-5-8-9;/h2-8H2,1H3;1H. The van der Waals surface area contributed by atoms with Gasteiger partial charge in [0.05, 0.1) is 0 Å². The summed E-state index contributed by atoms with van der Waals surface area (Å²) in [5.41, 5.74) is 0. The molecule has 62 valence electrons. The zero-order chi connectivity index (χ0) is 6.53. The summed E-state index contributed by atoms with van der Waals surface area (Å²) >= 11 is 0. The summed E-state index contributed by atoms with van der Waals surface area (Å²) in [6, 6.07) is 0. The van der Waals surface area contributed by atoms with Gasteiger partial charge >= 0.3 is 0 Å². The van der Waals surface area contributed by atoms with Crippen molar-refractivity contribution < 1.29 is 0 Å². The summed E-state index contributed by atoms with van der Waals surface area (Å²) in [4.78, 5) is 2.57. The Kier molecular flexibility index (Phi) is 6.14. The number of hydrogen-bond donors (Lipinski definition) is 0. The summed E-state index contributed by atoms with van der Waals surface area (Å²) in [6.07, 6.45) is 5.60. The third-order valence-corrected chi connectivity index (χ3v) is 2.03. The molecule has 1 heterocycles. The number of halogens is 1. The summed E-state index contributed by atoms with van der Waals surface area (Å²) < 4.78 is 0. The Hall–Kier alpha value is 0.250. The Morgan fingerprint density at radius 3 is 2.30 bits per heavy atom. The van der Waals surface area contributed by atoms with E-state index in [0.29, 0.717) is 0 Å². The maximum atomic E-state index is 2.57. The molecule has 0 amide bonds. The number of nitrogens with zero attached hydrogens (tertiary/aromatic N) is 1. The van der Waals surface area contributed by atoms with Crippen molar-refractivity contribution in [3.05, 3.63) is 0 Å². The second-order valence-corrected chi connectivity index (χ2v) is 2.90. The summed E-state index contributed by atoms with van der Waals surface area (Å²) in [6.45, 7) is 6.33. The minimum absolute atomic E-state index is 0. The number of unbranched alkanes of at least 4 members (excludes halogenated alkanes) is 1. The first kappa shape index (κ1) is 10.2. The molecule has 0 bridgehead atoms. The van der Waals surface area contributed by atoms with Crippen LogP contribution in [0.2, 0.25) is 0 Å². The van der Waals surface area contributed by atoms with Gasteiger partial charge in [-0.1, -0.05) is 13.3 Å². The lowest BCUT2D eigenvalue weighted by Crippen LogP contribution is -2.19. The molecule has 0 aromatic heterocycles. The first-order chi connectivity index (χ1) is 4.43. The van der Waals surface area contributed by atoms with Crippen LogP contribution in [-0.2, 0) is 0 Å². The Bertz CT molecular complexity index is 69.7. The molecule has 10 heavy (non-hydrogen) atoms. The fourth-order valence-corrected chi connectivity index (χ4v) is 1.39. The Morgan fingerprint density at radius 2 is 1.80 bits per heavy atom. The van der Waals surface area contributed by atoms with Gasteiger partial charge in [0.25, 0.3) is 0 Å².